The molecule has 0 heterocycles. The Balaban J connectivity index is 5.56. The highest BCUT2D eigenvalue weighted by Crippen LogP contribution is 2.11. The highest BCUT2D eigenvalue weighted by molar-refractivity contribution is 5.94. The standard InChI is InChI=1S/C22H40N4O7/c1-7-13(6)18(23)21(31)25-15(9-12(4)5)19(29)24-14(8-11(2)3)20(30)26-16(22(32)33)10-17(27)28/h11-16,18H,7-10,23H2,1-6H3,(H,24,29)(H,25,31)(H,26,30)(H,27,28)(H,32,33). The van der Waals surface area contributed by atoms with Gasteiger partial charge in [-0.15, -0.1) is 0 Å². The number of nitrogens with two attached hydrogens (primary N) is 1. The molecule has 0 bridgehead atoms. The summed E-state index contributed by atoms with van der Waals surface area (Å²) < 4.78 is 0. The van der Waals surface area contributed by atoms with Crippen LogP contribution in [-0.2, 0) is 24.0 Å². The van der Waals surface area contributed by atoms with Gasteiger partial charge in [-0.1, -0.05) is 48.0 Å². The van der Waals surface area contributed by atoms with Gasteiger partial charge in [0.1, 0.15) is 18.1 Å². The molecular weight excluding hydrogens is 432 g/mol. The molecule has 0 aromatic carbocycles. The molecule has 0 fully saturated rings. The molecule has 0 aromatic heterocycles. The number of hydrogen-bond acceptors (Lipinski definition) is 6. The third-order valence-electron chi connectivity index (χ3n) is 5.23. The van der Waals surface area contributed by atoms with Crippen LogP contribution in [0.5, 0.6) is 0 Å². The van der Waals surface area contributed by atoms with E-state index in [2.05, 4.69) is 16.0 Å². The van der Waals surface area contributed by atoms with Crippen LogP contribution in [0.3, 0.4) is 0 Å². The highest BCUT2D eigenvalue weighted by Gasteiger charge is 2.32. The van der Waals surface area contributed by atoms with Crippen LogP contribution in [0.15, 0.2) is 0 Å². The van der Waals surface area contributed by atoms with E-state index in [1.807, 2.05) is 41.5 Å². The van der Waals surface area contributed by atoms with Crippen molar-refractivity contribution in [2.45, 2.75) is 91.4 Å². The molecule has 0 aliphatic rings. The van der Waals surface area contributed by atoms with Crippen LogP contribution in [0.2, 0.25) is 0 Å². The number of carbonyl (C=O) groups is 5. The van der Waals surface area contributed by atoms with Gasteiger partial charge in [-0.25, -0.2) is 4.79 Å². The van der Waals surface area contributed by atoms with Crippen molar-refractivity contribution in [3.63, 3.8) is 0 Å². The molecule has 7 N–H and O–H groups in total. The summed E-state index contributed by atoms with van der Waals surface area (Å²) in [5.41, 5.74) is 5.98. The molecule has 0 aliphatic heterocycles. The Kier molecular flexibility index (Phi) is 13.3. The van der Waals surface area contributed by atoms with E-state index >= 15 is 0 Å². The Morgan fingerprint density at radius 1 is 0.727 bits per heavy atom. The first-order valence-electron chi connectivity index (χ1n) is 11.3. The SMILES string of the molecule is CCC(C)C(N)C(=O)NC(CC(C)C)C(=O)NC(CC(C)C)C(=O)NC(CC(=O)O)C(=O)O. The maximum absolute atomic E-state index is 13.0. The fraction of sp³-hybridized carbons (Fsp3) is 0.773. The third kappa shape index (κ3) is 11.7. The first-order valence-corrected chi connectivity index (χ1v) is 11.3. The van der Waals surface area contributed by atoms with Gasteiger partial charge >= 0.3 is 11.9 Å². The normalized spacial score (nSPS) is 15.8. The fourth-order valence-electron chi connectivity index (χ4n) is 3.11. The van der Waals surface area contributed by atoms with Crippen LogP contribution in [0.4, 0.5) is 0 Å². The van der Waals surface area contributed by atoms with E-state index in [0.29, 0.717) is 12.8 Å². The molecule has 33 heavy (non-hydrogen) atoms. The van der Waals surface area contributed by atoms with E-state index in [9.17, 15) is 29.1 Å². The number of carboxylic acids is 2. The second-order valence-electron chi connectivity index (χ2n) is 9.29. The summed E-state index contributed by atoms with van der Waals surface area (Å²) in [5, 5.41) is 25.5. The van der Waals surface area contributed by atoms with Crippen molar-refractivity contribution in [3.8, 4) is 0 Å². The summed E-state index contributed by atoms with van der Waals surface area (Å²) in [7, 11) is 0. The minimum absolute atomic E-state index is 0.0410. The molecule has 0 radical (unpaired) electrons. The Labute approximate surface area is 195 Å². The molecule has 0 aromatic rings. The molecule has 3 amide bonds. The number of rotatable bonds is 15. The van der Waals surface area contributed by atoms with Crippen LogP contribution < -0.4 is 21.7 Å². The molecule has 190 valence electrons. The number of carboxylic acid groups (broad SMARTS) is 2. The molecule has 11 nitrogen and oxygen atoms in total. The number of amides is 3. The van der Waals surface area contributed by atoms with Gasteiger partial charge in [0, 0.05) is 0 Å². The molecule has 0 rings (SSSR count). The smallest absolute Gasteiger partial charge is 0.326 e. The summed E-state index contributed by atoms with van der Waals surface area (Å²) in [6.45, 7) is 11.1. The van der Waals surface area contributed by atoms with Gasteiger partial charge in [0.15, 0.2) is 0 Å². The topological polar surface area (TPSA) is 188 Å². The second-order valence-corrected chi connectivity index (χ2v) is 9.29. The molecule has 11 heteroatoms. The van der Waals surface area contributed by atoms with E-state index in [0.717, 1.165) is 0 Å². The Morgan fingerprint density at radius 2 is 1.12 bits per heavy atom. The van der Waals surface area contributed by atoms with E-state index < -0.39 is 60.2 Å². The quantitative estimate of drug-likeness (QED) is 0.198. The first-order chi connectivity index (χ1) is 15.2. The third-order valence-corrected chi connectivity index (χ3v) is 5.23. The Hall–Kier alpha value is -2.69. The lowest BCUT2D eigenvalue weighted by atomic mass is 9.97. The van der Waals surface area contributed by atoms with Gasteiger partial charge < -0.3 is 31.9 Å². The molecule has 0 aliphatic carbocycles. The predicted molar refractivity (Wildman–Crippen MR) is 122 cm³/mol. The molecular formula is C22H40N4O7. The maximum atomic E-state index is 13.0. The molecule has 0 saturated heterocycles. The molecule has 5 unspecified atom stereocenters. The Morgan fingerprint density at radius 3 is 1.45 bits per heavy atom. The van der Waals surface area contributed by atoms with Crippen molar-refractivity contribution in [2.75, 3.05) is 0 Å². The predicted octanol–water partition coefficient (Wildman–Crippen LogP) is 0.466. The van der Waals surface area contributed by atoms with Crippen molar-refractivity contribution < 1.29 is 34.2 Å². The lowest BCUT2D eigenvalue weighted by Gasteiger charge is -2.27. The molecule has 0 saturated carbocycles. The fourth-order valence-corrected chi connectivity index (χ4v) is 3.11. The summed E-state index contributed by atoms with van der Waals surface area (Å²) in [5.74, 6) is -4.84. The van der Waals surface area contributed by atoms with Gasteiger partial charge in [-0.3, -0.25) is 19.2 Å². The van der Waals surface area contributed by atoms with Crippen LogP contribution in [0.25, 0.3) is 0 Å². The number of hydrogen-bond donors (Lipinski definition) is 6. The first kappa shape index (κ1) is 30.3. The van der Waals surface area contributed by atoms with E-state index in [1.165, 1.54) is 0 Å². The van der Waals surface area contributed by atoms with Crippen molar-refractivity contribution in [3.05, 3.63) is 0 Å². The monoisotopic (exact) mass is 472 g/mol. The lowest BCUT2D eigenvalue weighted by molar-refractivity contribution is -0.147. The van der Waals surface area contributed by atoms with Crippen LogP contribution in [0, 0.1) is 17.8 Å². The number of nitrogens with one attached hydrogen (secondary N) is 3. The minimum atomic E-state index is -1.64. The zero-order chi connectivity index (χ0) is 25.9. The second kappa shape index (κ2) is 14.5. The number of aliphatic carboxylic acids is 2. The van der Waals surface area contributed by atoms with Crippen molar-refractivity contribution in [1.29, 1.82) is 0 Å². The zero-order valence-corrected chi connectivity index (χ0v) is 20.4. The van der Waals surface area contributed by atoms with Gasteiger partial charge in [-0.05, 0) is 30.6 Å². The van der Waals surface area contributed by atoms with E-state index in [1.54, 1.807) is 0 Å². The molecule has 5 atom stereocenters. The van der Waals surface area contributed by atoms with Crippen LogP contribution >= 0.6 is 0 Å². The largest absolute Gasteiger partial charge is 0.481 e. The van der Waals surface area contributed by atoms with Gasteiger partial charge in [0.2, 0.25) is 17.7 Å². The summed E-state index contributed by atoms with van der Waals surface area (Å²) >= 11 is 0. The van der Waals surface area contributed by atoms with Gasteiger partial charge in [0.05, 0.1) is 12.5 Å². The van der Waals surface area contributed by atoms with Crippen LogP contribution in [0.1, 0.15) is 67.2 Å². The summed E-state index contributed by atoms with van der Waals surface area (Å²) in [6.07, 6.45) is 0.375. The average molecular weight is 473 g/mol. The summed E-state index contributed by atoms with van der Waals surface area (Å²) in [6, 6.07) is -4.48. The average Bonchev–Trinajstić information content (AvgIpc) is 2.69. The zero-order valence-electron chi connectivity index (χ0n) is 20.4. The minimum Gasteiger partial charge on any atom is -0.481 e. The lowest BCUT2D eigenvalue weighted by Crippen LogP contribution is -2.58. The van der Waals surface area contributed by atoms with Gasteiger partial charge in [0.25, 0.3) is 0 Å². The molecule has 0 spiro atoms. The van der Waals surface area contributed by atoms with E-state index in [4.69, 9.17) is 10.8 Å². The van der Waals surface area contributed by atoms with E-state index in [-0.39, 0.29) is 24.2 Å². The van der Waals surface area contributed by atoms with Crippen molar-refractivity contribution in [1.82, 2.24) is 16.0 Å². The highest BCUT2D eigenvalue weighted by atomic mass is 16.4. The summed E-state index contributed by atoms with van der Waals surface area (Å²) in [4.78, 5) is 60.5. The van der Waals surface area contributed by atoms with Crippen LogP contribution in [-0.4, -0.2) is 64.0 Å². The van der Waals surface area contributed by atoms with Crippen molar-refractivity contribution >= 4 is 29.7 Å². The van der Waals surface area contributed by atoms with Crippen molar-refractivity contribution in [2.24, 2.45) is 23.5 Å². The van der Waals surface area contributed by atoms with Gasteiger partial charge in [-0.2, -0.15) is 0 Å². The number of carbonyl (C=O) groups excluding carboxylic acids is 3. The maximum Gasteiger partial charge on any atom is 0.326 e. The Bertz CT molecular complexity index is 696.